The summed E-state index contributed by atoms with van der Waals surface area (Å²) in [5.74, 6) is 2.44. The molecule has 2 aromatic rings. The fourth-order valence-electron chi connectivity index (χ4n) is 2.93. The molecule has 0 saturated heterocycles. The average Bonchev–Trinajstić information content (AvgIpc) is 3.08. The number of ether oxygens (including phenoxy) is 2. The van der Waals surface area contributed by atoms with Crippen molar-refractivity contribution in [2.24, 2.45) is 12.0 Å². The number of aliphatic imine (C=N–C) groups is 1. The summed E-state index contributed by atoms with van der Waals surface area (Å²) in [7, 11) is 1.93. The Labute approximate surface area is 160 Å². The molecule has 2 N–H and O–H groups in total. The van der Waals surface area contributed by atoms with Gasteiger partial charge in [-0.15, -0.1) is 0 Å². The molecule has 0 saturated carbocycles. The predicted molar refractivity (Wildman–Crippen MR) is 106 cm³/mol. The minimum Gasteiger partial charge on any atom is -0.486 e. The number of hydrogen-bond acceptors (Lipinski definition) is 4. The Hall–Kier alpha value is -2.70. The van der Waals surface area contributed by atoms with Gasteiger partial charge in [-0.05, 0) is 30.7 Å². The topological polar surface area (TPSA) is 72.7 Å². The van der Waals surface area contributed by atoms with Gasteiger partial charge in [-0.3, -0.25) is 4.68 Å². The number of rotatable bonds is 6. The fraction of sp³-hybridized carbons (Fsp3) is 0.500. The van der Waals surface area contributed by atoms with Gasteiger partial charge in [0.05, 0.1) is 12.2 Å². The van der Waals surface area contributed by atoms with Gasteiger partial charge in [-0.1, -0.05) is 19.9 Å². The van der Waals surface area contributed by atoms with Crippen LogP contribution in [0.25, 0.3) is 0 Å². The summed E-state index contributed by atoms with van der Waals surface area (Å²) in [5, 5.41) is 10.9. The summed E-state index contributed by atoms with van der Waals surface area (Å²) < 4.78 is 13.2. The van der Waals surface area contributed by atoms with E-state index >= 15 is 0 Å². The lowest BCUT2D eigenvalue weighted by Gasteiger charge is -2.28. The van der Waals surface area contributed by atoms with Crippen LogP contribution in [0.5, 0.6) is 11.5 Å². The van der Waals surface area contributed by atoms with Crippen molar-refractivity contribution in [2.45, 2.75) is 32.7 Å². The van der Waals surface area contributed by atoms with Gasteiger partial charge in [0.15, 0.2) is 17.5 Å². The number of aryl methyl sites for hydroxylation is 1. The van der Waals surface area contributed by atoms with Gasteiger partial charge in [0.25, 0.3) is 0 Å². The highest BCUT2D eigenvalue weighted by molar-refractivity contribution is 5.79. The summed E-state index contributed by atoms with van der Waals surface area (Å²) in [6.07, 6.45) is 1.79. The number of hydrogen-bond donors (Lipinski definition) is 2. The molecule has 27 heavy (non-hydrogen) atoms. The van der Waals surface area contributed by atoms with E-state index in [1.165, 1.54) is 5.56 Å². The predicted octanol–water partition coefficient (Wildman–Crippen LogP) is 2.22. The second-order valence-corrected chi connectivity index (χ2v) is 7.24. The van der Waals surface area contributed by atoms with E-state index in [0.29, 0.717) is 19.8 Å². The van der Waals surface area contributed by atoms with Gasteiger partial charge in [0.1, 0.15) is 13.2 Å². The summed E-state index contributed by atoms with van der Waals surface area (Å²) in [4.78, 5) is 4.67. The first kappa shape index (κ1) is 19.1. The van der Waals surface area contributed by atoms with Crippen LogP contribution in [0.1, 0.15) is 32.0 Å². The SMILES string of the molecule is CCNC(=NCc1ccnn1C)NCC(C)(C)c1ccc2c(c1)OCCO2. The van der Waals surface area contributed by atoms with Crippen molar-refractivity contribution in [3.63, 3.8) is 0 Å². The molecule has 1 aliphatic heterocycles. The molecule has 0 atom stereocenters. The molecule has 0 radical (unpaired) electrons. The third-order valence-electron chi connectivity index (χ3n) is 4.69. The normalized spacial score (nSPS) is 14.1. The third-order valence-corrected chi connectivity index (χ3v) is 4.69. The molecule has 3 rings (SSSR count). The zero-order valence-electron chi connectivity index (χ0n) is 16.6. The number of guanidine groups is 1. The van der Waals surface area contributed by atoms with Crippen molar-refractivity contribution >= 4 is 5.96 Å². The molecule has 0 fully saturated rings. The van der Waals surface area contributed by atoms with E-state index in [1.54, 1.807) is 6.20 Å². The Morgan fingerprint density at radius 3 is 2.67 bits per heavy atom. The van der Waals surface area contributed by atoms with Crippen LogP contribution in [0, 0.1) is 0 Å². The summed E-state index contributed by atoms with van der Waals surface area (Å²) in [6.45, 7) is 9.80. The van der Waals surface area contributed by atoms with Gasteiger partial charge in [-0.2, -0.15) is 5.10 Å². The quantitative estimate of drug-likeness (QED) is 0.602. The van der Waals surface area contributed by atoms with E-state index in [4.69, 9.17) is 9.47 Å². The standard InChI is InChI=1S/C20H29N5O2/c1-5-21-19(22-13-16-8-9-24-25(16)4)23-14-20(2,3)15-6-7-17-18(12-15)27-11-10-26-17/h6-9,12H,5,10-11,13-14H2,1-4H3,(H2,21,22,23). The molecule has 7 nitrogen and oxygen atoms in total. The molecule has 146 valence electrons. The molecule has 7 heteroatoms. The summed E-state index contributed by atoms with van der Waals surface area (Å²) in [5.41, 5.74) is 2.17. The van der Waals surface area contributed by atoms with Crippen LogP contribution in [0.3, 0.4) is 0 Å². The molecule has 0 unspecified atom stereocenters. The van der Waals surface area contributed by atoms with Crippen molar-refractivity contribution in [3.8, 4) is 11.5 Å². The van der Waals surface area contributed by atoms with Gasteiger partial charge < -0.3 is 20.1 Å². The molecule has 0 spiro atoms. The lowest BCUT2D eigenvalue weighted by atomic mass is 9.84. The van der Waals surface area contributed by atoms with Gasteiger partial charge in [0, 0.05) is 31.7 Å². The van der Waals surface area contributed by atoms with Crippen LogP contribution in [-0.2, 0) is 19.0 Å². The van der Waals surface area contributed by atoms with Crippen molar-refractivity contribution in [3.05, 3.63) is 41.7 Å². The summed E-state index contributed by atoms with van der Waals surface area (Å²) >= 11 is 0. The van der Waals surface area contributed by atoms with Gasteiger partial charge >= 0.3 is 0 Å². The van der Waals surface area contributed by atoms with E-state index in [0.717, 1.165) is 36.2 Å². The van der Waals surface area contributed by atoms with E-state index in [1.807, 2.05) is 23.9 Å². The third kappa shape index (κ3) is 4.72. The zero-order valence-corrected chi connectivity index (χ0v) is 16.6. The molecule has 0 amide bonds. The van der Waals surface area contributed by atoms with Crippen LogP contribution < -0.4 is 20.1 Å². The van der Waals surface area contributed by atoms with Crippen molar-refractivity contribution < 1.29 is 9.47 Å². The first-order valence-electron chi connectivity index (χ1n) is 9.39. The van der Waals surface area contributed by atoms with Crippen molar-refractivity contribution in [1.82, 2.24) is 20.4 Å². The van der Waals surface area contributed by atoms with Gasteiger partial charge in [0.2, 0.25) is 0 Å². The van der Waals surface area contributed by atoms with Crippen molar-refractivity contribution in [1.29, 1.82) is 0 Å². The fourth-order valence-corrected chi connectivity index (χ4v) is 2.93. The van der Waals surface area contributed by atoms with Gasteiger partial charge in [-0.25, -0.2) is 4.99 Å². The highest BCUT2D eigenvalue weighted by Gasteiger charge is 2.23. The number of aromatic nitrogens is 2. The molecule has 1 aromatic carbocycles. The molecule has 0 aliphatic carbocycles. The maximum absolute atomic E-state index is 5.72. The molecule has 2 heterocycles. The average molecular weight is 371 g/mol. The largest absolute Gasteiger partial charge is 0.486 e. The molecule has 1 aromatic heterocycles. The highest BCUT2D eigenvalue weighted by Crippen LogP contribution is 2.34. The Morgan fingerprint density at radius 2 is 1.96 bits per heavy atom. The Bertz CT molecular complexity index is 797. The maximum atomic E-state index is 5.72. The molecular formula is C20H29N5O2. The number of benzene rings is 1. The second kappa shape index (κ2) is 8.33. The van der Waals surface area contributed by atoms with E-state index in [2.05, 4.69) is 53.6 Å². The van der Waals surface area contributed by atoms with E-state index in [-0.39, 0.29) is 5.41 Å². The minimum atomic E-state index is -0.0987. The monoisotopic (exact) mass is 371 g/mol. The lowest BCUT2D eigenvalue weighted by molar-refractivity contribution is 0.171. The summed E-state index contributed by atoms with van der Waals surface area (Å²) in [6, 6.07) is 8.16. The Morgan fingerprint density at radius 1 is 1.19 bits per heavy atom. The molecule has 0 bridgehead atoms. The molecular weight excluding hydrogens is 342 g/mol. The van der Waals surface area contributed by atoms with Crippen LogP contribution in [0.4, 0.5) is 0 Å². The van der Waals surface area contributed by atoms with Crippen LogP contribution in [0.15, 0.2) is 35.5 Å². The highest BCUT2D eigenvalue weighted by atomic mass is 16.6. The minimum absolute atomic E-state index is 0.0987. The second-order valence-electron chi connectivity index (χ2n) is 7.24. The zero-order chi connectivity index (χ0) is 19.3. The number of nitrogens with one attached hydrogen (secondary N) is 2. The lowest BCUT2D eigenvalue weighted by Crippen LogP contribution is -2.43. The first-order chi connectivity index (χ1) is 13.0. The van der Waals surface area contributed by atoms with E-state index < -0.39 is 0 Å². The van der Waals surface area contributed by atoms with Crippen molar-refractivity contribution in [2.75, 3.05) is 26.3 Å². The van der Waals surface area contributed by atoms with Crippen LogP contribution in [-0.4, -0.2) is 42.0 Å². The smallest absolute Gasteiger partial charge is 0.191 e. The van der Waals surface area contributed by atoms with E-state index in [9.17, 15) is 0 Å². The molecule has 1 aliphatic rings. The Kier molecular flexibility index (Phi) is 5.88. The first-order valence-corrected chi connectivity index (χ1v) is 9.39. The number of nitrogens with zero attached hydrogens (tertiary/aromatic N) is 3. The number of fused-ring (bicyclic) bond motifs is 1. The Balaban J connectivity index is 1.67. The maximum Gasteiger partial charge on any atom is 0.191 e. The van der Waals surface area contributed by atoms with Crippen LogP contribution in [0.2, 0.25) is 0 Å². The van der Waals surface area contributed by atoms with Crippen LogP contribution >= 0.6 is 0 Å².